The molecule has 1 nitrogen and oxygen atoms in total. The Morgan fingerprint density at radius 1 is 1.56 bits per heavy atom. The Balaban J connectivity index is 3.84. The first-order valence-corrected chi connectivity index (χ1v) is 6.05. The summed E-state index contributed by atoms with van der Waals surface area (Å²) in [4.78, 5) is 0. The lowest BCUT2D eigenvalue weighted by Crippen LogP contribution is -1.98. The second-order valence-corrected chi connectivity index (χ2v) is 5.84. The molecule has 0 aromatic carbocycles. The maximum Gasteiger partial charge on any atom is 0.0585 e. The molecule has 0 aliphatic rings. The van der Waals surface area contributed by atoms with Gasteiger partial charge in [-0.1, -0.05) is 7.92 Å². The van der Waals surface area contributed by atoms with Gasteiger partial charge in [0.25, 0.3) is 0 Å². The molecule has 0 spiro atoms. The lowest BCUT2D eigenvalue weighted by Gasteiger charge is -2.10. The summed E-state index contributed by atoms with van der Waals surface area (Å²) in [5.74, 6) is 2.31. The second kappa shape index (κ2) is 4.51. The molecule has 54 valence electrons. The first-order valence-electron chi connectivity index (χ1n) is 2.78. The Kier molecular flexibility index (Phi) is 4.86. The third kappa shape index (κ3) is 5.16. The van der Waals surface area contributed by atoms with Crippen molar-refractivity contribution in [3.8, 4) is 0 Å². The van der Waals surface area contributed by atoms with Gasteiger partial charge in [-0.3, -0.25) is 0 Å². The third-order valence-electron chi connectivity index (χ3n) is 0.931. The molecule has 9 heavy (non-hydrogen) atoms. The number of hydrogen-bond acceptors (Lipinski definition) is 1. The van der Waals surface area contributed by atoms with Gasteiger partial charge in [0.15, 0.2) is 0 Å². The zero-order valence-electron chi connectivity index (χ0n) is 6.35. The number of halogens is 1. The largest absolute Gasteiger partial charge is 0.322 e. The van der Waals surface area contributed by atoms with Crippen LogP contribution in [-0.2, 0) is 0 Å². The highest BCUT2D eigenvalue weighted by Gasteiger charge is 1.92. The highest BCUT2D eigenvalue weighted by Crippen LogP contribution is 2.29. The molecule has 0 fully saturated rings. The summed E-state index contributed by atoms with van der Waals surface area (Å²) in [5, 5.41) is 0. The van der Waals surface area contributed by atoms with Gasteiger partial charge in [-0.15, -0.1) is 0 Å². The van der Waals surface area contributed by atoms with E-state index in [9.17, 15) is 0 Å². The SMILES string of the molecule is C/C(=C\P(C)C)N(C)I. The van der Waals surface area contributed by atoms with Crippen LogP contribution >= 0.6 is 30.8 Å². The Bertz CT molecular complexity index is 110. The smallest absolute Gasteiger partial charge is 0.0585 e. The summed E-state index contributed by atoms with van der Waals surface area (Å²) >= 11 is 2.28. The zero-order valence-corrected chi connectivity index (χ0v) is 9.40. The molecule has 0 unspecified atom stereocenters. The minimum absolute atomic E-state index is 0.119. The van der Waals surface area contributed by atoms with E-state index in [0.29, 0.717) is 0 Å². The van der Waals surface area contributed by atoms with Crippen LogP contribution < -0.4 is 0 Å². The van der Waals surface area contributed by atoms with E-state index in [2.05, 4.69) is 59.1 Å². The number of hydrogen-bond donors (Lipinski definition) is 0. The van der Waals surface area contributed by atoms with Crippen molar-refractivity contribution in [2.75, 3.05) is 20.4 Å². The van der Waals surface area contributed by atoms with E-state index in [1.54, 1.807) is 0 Å². The van der Waals surface area contributed by atoms with Crippen molar-refractivity contribution in [3.05, 3.63) is 11.5 Å². The van der Waals surface area contributed by atoms with E-state index in [1.165, 1.54) is 5.70 Å². The summed E-state index contributed by atoms with van der Waals surface area (Å²) in [5.41, 5.74) is 1.35. The summed E-state index contributed by atoms with van der Waals surface area (Å²) < 4.78 is 2.11. The molecule has 0 saturated carbocycles. The van der Waals surface area contributed by atoms with Crippen molar-refractivity contribution in [1.82, 2.24) is 3.11 Å². The van der Waals surface area contributed by atoms with Crippen LogP contribution in [0.15, 0.2) is 11.5 Å². The number of rotatable bonds is 2. The minimum Gasteiger partial charge on any atom is -0.322 e. The van der Waals surface area contributed by atoms with E-state index in [4.69, 9.17) is 0 Å². The van der Waals surface area contributed by atoms with Crippen molar-refractivity contribution >= 4 is 30.8 Å². The van der Waals surface area contributed by atoms with Crippen LogP contribution in [0, 0.1) is 0 Å². The third-order valence-corrected chi connectivity index (χ3v) is 2.58. The predicted octanol–water partition coefficient (Wildman–Crippen LogP) is 2.87. The number of nitrogens with zero attached hydrogens (tertiary/aromatic N) is 1. The predicted molar refractivity (Wildman–Crippen MR) is 54.3 cm³/mol. The molecule has 0 radical (unpaired) electrons. The van der Waals surface area contributed by atoms with Crippen LogP contribution in [0.3, 0.4) is 0 Å². The lowest BCUT2D eigenvalue weighted by molar-refractivity contribution is 0.759. The first-order chi connectivity index (χ1) is 4.04. The van der Waals surface area contributed by atoms with Crippen LogP contribution in [0.1, 0.15) is 6.92 Å². The summed E-state index contributed by atoms with van der Waals surface area (Å²) in [6.45, 7) is 6.63. The average Bonchev–Trinajstić information content (AvgIpc) is 1.63. The van der Waals surface area contributed by atoms with Gasteiger partial charge in [0.2, 0.25) is 0 Å². The zero-order chi connectivity index (χ0) is 7.44. The summed E-state index contributed by atoms with van der Waals surface area (Å²) in [6.07, 6.45) is 0. The Morgan fingerprint density at radius 2 is 2.00 bits per heavy atom. The Labute approximate surface area is 72.8 Å². The molecule has 0 aromatic heterocycles. The maximum absolute atomic E-state index is 2.31. The van der Waals surface area contributed by atoms with Crippen molar-refractivity contribution in [1.29, 1.82) is 0 Å². The van der Waals surface area contributed by atoms with Gasteiger partial charge < -0.3 is 3.11 Å². The van der Waals surface area contributed by atoms with Gasteiger partial charge in [-0.2, -0.15) is 0 Å². The van der Waals surface area contributed by atoms with E-state index >= 15 is 0 Å². The monoisotopic (exact) mass is 257 g/mol. The van der Waals surface area contributed by atoms with E-state index in [1.807, 2.05) is 0 Å². The summed E-state index contributed by atoms with van der Waals surface area (Å²) in [7, 11) is 2.18. The van der Waals surface area contributed by atoms with Crippen molar-refractivity contribution in [3.63, 3.8) is 0 Å². The Hall–Kier alpha value is 0.700. The molecule has 0 aliphatic heterocycles. The Morgan fingerprint density at radius 3 is 2.11 bits per heavy atom. The van der Waals surface area contributed by atoms with E-state index in [0.717, 1.165) is 0 Å². The van der Waals surface area contributed by atoms with Crippen LogP contribution in [0.4, 0.5) is 0 Å². The molecule has 0 N–H and O–H groups in total. The van der Waals surface area contributed by atoms with Crippen molar-refractivity contribution < 1.29 is 0 Å². The topological polar surface area (TPSA) is 3.24 Å². The van der Waals surface area contributed by atoms with Crippen molar-refractivity contribution in [2.24, 2.45) is 0 Å². The highest BCUT2D eigenvalue weighted by atomic mass is 127. The van der Waals surface area contributed by atoms with Crippen molar-refractivity contribution in [2.45, 2.75) is 6.92 Å². The van der Waals surface area contributed by atoms with Crippen LogP contribution in [0.25, 0.3) is 0 Å². The molecule has 0 saturated heterocycles. The van der Waals surface area contributed by atoms with E-state index < -0.39 is 0 Å². The van der Waals surface area contributed by atoms with Crippen LogP contribution in [0.2, 0.25) is 0 Å². The van der Waals surface area contributed by atoms with Crippen LogP contribution in [0.5, 0.6) is 0 Å². The normalized spacial score (nSPS) is 12.4. The molecule has 3 heteroatoms. The molecule has 0 atom stereocenters. The fraction of sp³-hybridized carbons (Fsp3) is 0.667. The van der Waals surface area contributed by atoms with Gasteiger partial charge >= 0.3 is 0 Å². The standard InChI is InChI=1S/C6H13INP/c1-6(8(2)7)5-9(3)4/h5H,1-4H3/b6-5+. The van der Waals surface area contributed by atoms with Gasteiger partial charge in [-0.25, -0.2) is 0 Å². The first kappa shape index (κ1) is 9.70. The highest BCUT2D eigenvalue weighted by molar-refractivity contribution is 14.1. The molecule has 0 rings (SSSR count). The molecule has 0 aromatic rings. The number of allylic oxidation sites excluding steroid dienone is 1. The van der Waals surface area contributed by atoms with E-state index in [-0.39, 0.29) is 7.92 Å². The second-order valence-electron chi connectivity index (χ2n) is 2.21. The van der Waals surface area contributed by atoms with Gasteiger partial charge in [-0.05, 0) is 26.1 Å². The minimum atomic E-state index is 0.119. The maximum atomic E-state index is 2.31. The molecular weight excluding hydrogens is 244 g/mol. The fourth-order valence-corrected chi connectivity index (χ4v) is 1.73. The quantitative estimate of drug-likeness (QED) is 0.417. The molecular formula is C6H13INP. The molecule has 0 amide bonds. The molecule has 0 heterocycles. The van der Waals surface area contributed by atoms with Crippen LogP contribution in [-0.4, -0.2) is 23.5 Å². The average molecular weight is 257 g/mol. The van der Waals surface area contributed by atoms with Gasteiger partial charge in [0.1, 0.15) is 0 Å². The lowest BCUT2D eigenvalue weighted by atomic mass is 10.6. The molecule has 0 aliphatic carbocycles. The van der Waals surface area contributed by atoms with Gasteiger partial charge in [0, 0.05) is 12.7 Å². The van der Waals surface area contributed by atoms with Gasteiger partial charge in [0.05, 0.1) is 22.9 Å². The summed E-state index contributed by atoms with van der Waals surface area (Å²) in [6, 6.07) is 0. The molecule has 0 bridgehead atoms. The fourth-order valence-electron chi connectivity index (χ4n) is 0.453.